The Kier molecular flexibility index (Phi) is 3.71. The van der Waals surface area contributed by atoms with Gasteiger partial charge in [-0.1, -0.05) is 24.3 Å². The molecule has 0 aliphatic carbocycles. The van der Waals surface area contributed by atoms with Crippen LogP contribution in [0.4, 0.5) is 0 Å². The Balaban J connectivity index is 1.86. The fourth-order valence-corrected chi connectivity index (χ4v) is 2.61. The van der Waals surface area contributed by atoms with Crippen LogP contribution in [-0.2, 0) is 13.0 Å². The van der Waals surface area contributed by atoms with Gasteiger partial charge in [0.2, 0.25) is 0 Å². The first-order chi connectivity index (χ1) is 10.2. The second-order valence-electron chi connectivity index (χ2n) is 5.24. The molecule has 4 nitrogen and oxygen atoms in total. The van der Waals surface area contributed by atoms with Gasteiger partial charge in [0, 0.05) is 24.0 Å². The maximum Gasteiger partial charge on any atom is 0.101 e. The van der Waals surface area contributed by atoms with E-state index in [9.17, 15) is 5.11 Å². The lowest BCUT2D eigenvalue weighted by Gasteiger charge is -2.12. The average Bonchev–Trinajstić information content (AvgIpc) is 2.88. The third kappa shape index (κ3) is 2.81. The molecule has 0 aliphatic heterocycles. The van der Waals surface area contributed by atoms with Crippen molar-refractivity contribution in [1.29, 1.82) is 0 Å². The Labute approximate surface area is 124 Å². The van der Waals surface area contributed by atoms with Gasteiger partial charge in [0.15, 0.2) is 0 Å². The predicted octanol–water partition coefficient (Wildman–Crippen LogP) is 3.04. The van der Waals surface area contributed by atoms with Crippen molar-refractivity contribution < 1.29 is 5.11 Å². The largest absolute Gasteiger partial charge is 0.386 e. The van der Waals surface area contributed by atoms with Crippen LogP contribution in [0.1, 0.15) is 30.1 Å². The van der Waals surface area contributed by atoms with Crippen LogP contribution in [-0.4, -0.2) is 19.9 Å². The molecule has 1 unspecified atom stereocenters. The summed E-state index contributed by atoms with van der Waals surface area (Å²) in [5.74, 6) is 0. The number of fused-ring (bicyclic) bond motifs is 1. The van der Waals surface area contributed by atoms with Crippen LogP contribution in [0.2, 0.25) is 0 Å². The summed E-state index contributed by atoms with van der Waals surface area (Å²) in [6.07, 6.45) is -0.0875. The number of hydrogen-bond acceptors (Lipinski definition) is 3. The van der Waals surface area contributed by atoms with Gasteiger partial charge in [0.25, 0.3) is 0 Å². The molecule has 0 saturated carbocycles. The van der Waals surface area contributed by atoms with Gasteiger partial charge in [-0.25, -0.2) is 0 Å². The highest BCUT2D eigenvalue weighted by Gasteiger charge is 2.15. The first-order valence-corrected chi connectivity index (χ1v) is 7.24. The Morgan fingerprint density at radius 3 is 2.81 bits per heavy atom. The minimum atomic E-state index is -0.584. The fourth-order valence-electron chi connectivity index (χ4n) is 2.61. The van der Waals surface area contributed by atoms with E-state index in [1.54, 1.807) is 0 Å². The zero-order valence-corrected chi connectivity index (χ0v) is 12.3. The zero-order chi connectivity index (χ0) is 14.8. The van der Waals surface area contributed by atoms with E-state index in [-0.39, 0.29) is 0 Å². The maximum atomic E-state index is 10.5. The molecule has 2 heterocycles. The molecule has 4 heteroatoms. The molecular weight excluding hydrogens is 262 g/mol. The summed E-state index contributed by atoms with van der Waals surface area (Å²) in [6, 6.07) is 14.0. The molecule has 0 spiro atoms. The monoisotopic (exact) mass is 281 g/mol. The van der Waals surface area contributed by atoms with E-state index in [1.807, 2.05) is 61.0 Å². The number of aromatic nitrogens is 3. The lowest BCUT2D eigenvalue weighted by atomic mass is 10.1. The smallest absolute Gasteiger partial charge is 0.101 e. The minimum absolute atomic E-state index is 0.496. The van der Waals surface area contributed by atoms with Crippen LogP contribution in [0.5, 0.6) is 0 Å². The molecule has 1 N–H and O–H groups in total. The molecule has 0 amide bonds. The molecule has 3 aromatic rings. The van der Waals surface area contributed by atoms with Crippen LogP contribution in [0.25, 0.3) is 10.9 Å². The highest BCUT2D eigenvalue weighted by Crippen LogP contribution is 2.20. The van der Waals surface area contributed by atoms with Crippen LogP contribution in [0.15, 0.2) is 42.5 Å². The first-order valence-electron chi connectivity index (χ1n) is 7.24. The van der Waals surface area contributed by atoms with Crippen molar-refractivity contribution in [3.05, 3.63) is 59.5 Å². The van der Waals surface area contributed by atoms with Gasteiger partial charge >= 0.3 is 0 Å². The third-order valence-electron chi connectivity index (χ3n) is 3.63. The summed E-state index contributed by atoms with van der Waals surface area (Å²) in [5, 5.41) is 16.0. The highest BCUT2D eigenvalue weighted by atomic mass is 16.3. The van der Waals surface area contributed by atoms with E-state index < -0.39 is 6.10 Å². The van der Waals surface area contributed by atoms with Gasteiger partial charge in [-0.15, -0.1) is 0 Å². The molecule has 3 rings (SSSR count). The topological polar surface area (TPSA) is 50.9 Å². The normalized spacial score (nSPS) is 12.7. The summed E-state index contributed by atoms with van der Waals surface area (Å²) >= 11 is 0. The molecule has 0 radical (unpaired) electrons. The SMILES string of the molecule is CCn1nc(C)cc1C(O)Cc1ccc2ccccc2n1. The quantitative estimate of drug-likeness (QED) is 0.799. The molecule has 0 bridgehead atoms. The molecular formula is C17H19N3O. The average molecular weight is 281 g/mol. The minimum Gasteiger partial charge on any atom is -0.386 e. The predicted molar refractivity (Wildman–Crippen MR) is 83.0 cm³/mol. The number of para-hydroxylation sites is 1. The highest BCUT2D eigenvalue weighted by molar-refractivity contribution is 5.78. The lowest BCUT2D eigenvalue weighted by Crippen LogP contribution is -2.10. The Hall–Kier alpha value is -2.20. The summed E-state index contributed by atoms with van der Waals surface area (Å²) < 4.78 is 1.85. The van der Waals surface area contributed by atoms with Crippen LogP contribution < -0.4 is 0 Å². The molecule has 0 aliphatic rings. The second-order valence-corrected chi connectivity index (χ2v) is 5.24. The summed E-state index contributed by atoms with van der Waals surface area (Å²) in [7, 11) is 0. The van der Waals surface area contributed by atoms with Crippen molar-refractivity contribution in [2.75, 3.05) is 0 Å². The van der Waals surface area contributed by atoms with E-state index in [1.165, 1.54) is 0 Å². The Morgan fingerprint density at radius 2 is 2.00 bits per heavy atom. The second kappa shape index (κ2) is 5.66. The number of rotatable bonds is 4. The lowest BCUT2D eigenvalue weighted by molar-refractivity contribution is 0.166. The number of aryl methyl sites for hydroxylation is 2. The standard InChI is InChI=1S/C17H19N3O/c1-3-20-16(10-12(2)19-20)17(21)11-14-9-8-13-6-4-5-7-15(13)18-14/h4-10,17,21H,3,11H2,1-2H3. The van der Waals surface area contributed by atoms with Crippen LogP contribution in [0.3, 0.4) is 0 Å². The third-order valence-corrected chi connectivity index (χ3v) is 3.63. The molecule has 1 aromatic carbocycles. The van der Waals surface area contributed by atoms with Crippen molar-refractivity contribution in [3.63, 3.8) is 0 Å². The van der Waals surface area contributed by atoms with Crippen LogP contribution >= 0.6 is 0 Å². The number of hydrogen-bond donors (Lipinski definition) is 1. The van der Waals surface area contributed by atoms with Gasteiger partial charge in [-0.2, -0.15) is 5.10 Å². The van der Waals surface area contributed by atoms with Crippen molar-refractivity contribution in [1.82, 2.24) is 14.8 Å². The number of pyridine rings is 1. The van der Waals surface area contributed by atoms with Gasteiger partial charge in [0.1, 0.15) is 6.10 Å². The van der Waals surface area contributed by atoms with Gasteiger partial charge in [-0.3, -0.25) is 9.67 Å². The number of benzene rings is 1. The zero-order valence-electron chi connectivity index (χ0n) is 12.3. The summed E-state index contributed by atoms with van der Waals surface area (Å²) in [4.78, 5) is 4.61. The number of aliphatic hydroxyl groups is 1. The first kappa shape index (κ1) is 13.8. The van der Waals surface area contributed by atoms with E-state index >= 15 is 0 Å². The molecule has 1 atom stereocenters. The molecule has 108 valence electrons. The van der Waals surface area contributed by atoms with E-state index in [0.717, 1.165) is 34.5 Å². The molecule has 0 saturated heterocycles. The van der Waals surface area contributed by atoms with Crippen molar-refractivity contribution in [2.24, 2.45) is 0 Å². The van der Waals surface area contributed by atoms with Gasteiger partial charge in [-0.05, 0) is 32.0 Å². The van der Waals surface area contributed by atoms with E-state index in [2.05, 4.69) is 10.1 Å². The van der Waals surface area contributed by atoms with E-state index in [4.69, 9.17) is 0 Å². The Bertz CT molecular complexity index is 764. The fraction of sp³-hybridized carbons (Fsp3) is 0.294. The molecule has 0 fully saturated rings. The number of aliphatic hydroxyl groups excluding tert-OH is 1. The van der Waals surface area contributed by atoms with Gasteiger partial charge < -0.3 is 5.11 Å². The van der Waals surface area contributed by atoms with E-state index in [0.29, 0.717) is 6.42 Å². The number of nitrogens with zero attached hydrogens (tertiary/aromatic N) is 3. The van der Waals surface area contributed by atoms with Crippen molar-refractivity contribution >= 4 is 10.9 Å². The summed E-state index contributed by atoms with van der Waals surface area (Å²) in [6.45, 7) is 4.72. The van der Waals surface area contributed by atoms with Crippen molar-refractivity contribution in [3.8, 4) is 0 Å². The van der Waals surface area contributed by atoms with Crippen molar-refractivity contribution in [2.45, 2.75) is 32.9 Å². The molecule has 21 heavy (non-hydrogen) atoms. The molecule has 2 aromatic heterocycles. The Morgan fingerprint density at radius 1 is 1.19 bits per heavy atom. The van der Waals surface area contributed by atoms with Crippen LogP contribution in [0, 0.1) is 6.92 Å². The summed E-state index contributed by atoms with van der Waals surface area (Å²) in [5.41, 5.74) is 3.63. The van der Waals surface area contributed by atoms with Gasteiger partial charge in [0.05, 0.1) is 16.9 Å². The maximum absolute atomic E-state index is 10.5.